The zero-order valence-electron chi connectivity index (χ0n) is 24.7. The van der Waals surface area contributed by atoms with Crippen molar-refractivity contribution >= 4 is 22.6 Å². The number of benzene rings is 2. The standard InChI is InChI=1S/C31H49N3O2.2BrH/c1-8-33(4,5)21-13-11-9-10-12-14-22-34(6,7)24-31(2,3)23-32-29(35)26-19-15-17-25-18-16-20-27(28(25)26)30(32)36;;/h15-20H,8-14,21-24H2,1-7H3;2*1H/q+2;;/p-2. The summed E-state index contributed by atoms with van der Waals surface area (Å²) in [6.45, 7) is 11.6. The fraction of sp³-hybridized carbons (Fsp3) is 0.613. The van der Waals surface area contributed by atoms with Crippen molar-refractivity contribution in [2.75, 3.05) is 60.9 Å². The van der Waals surface area contributed by atoms with Crippen molar-refractivity contribution in [2.24, 2.45) is 5.41 Å². The van der Waals surface area contributed by atoms with E-state index in [1.165, 1.54) is 56.5 Å². The van der Waals surface area contributed by atoms with Crippen LogP contribution in [0.15, 0.2) is 36.4 Å². The van der Waals surface area contributed by atoms with Crippen molar-refractivity contribution in [1.29, 1.82) is 0 Å². The monoisotopic (exact) mass is 653 g/mol. The molecule has 0 aromatic heterocycles. The fourth-order valence-electron chi connectivity index (χ4n) is 5.88. The molecule has 7 heteroatoms. The second kappa shape index (κ2) is 14.4. The Morgan fingerprint density at radius 2 is 1.16 bits per heavy atom. The summed E-state index contributed by atoms with van der Waals surface area (Å²) in [5, 5.41) is 1.75. The van der Waals surface area contributed by atoms with Gasteiger partial charge in [-0.2, -0.15) is 0 Å². The molecule has 0 radical (unpaired) electrons. The minimum Gasteiger partial charge on any atom is -1.00 e. The summed E-state index contributed by atoms with van der Waals surface area (Å²) < 4.78 is 2.02. The molecule has 38 heavy (non-hydrogen) atoms. The summed E-state index contributed by atoms with van der Waals surface area (Å²) in [4.78, 5) is 28.2. The number of hydrogen-bond donors (Lipinski definition) is 0. The second-order valence-corrected chi connectivity index (χ2v) is 13.0. The number of quaternary nitrogens is 2. The molecule has 214 valence electrons. The highest BCUT2D eigenvalue weighted by Gasteiger charge is 2.38. The number of hydrogen-bond acceptors (Lipinski definition) is 2. The summed E-state index contributed by atoms with van der Waals surface area (Å²) in [7, 11) is 9.19. The van der Waals surface area contributed by atoms with Crippen LogP contribution in [0.5, 0.6) is 0 Å². The zero-order chi connectivity index (χ0) is 26.6. The number of halogens is 2. The second-order valence-electron chi connectivity index (χ2n) is 13.0. The number of unbranched alkanes of at least 4 members (excludes halogenated alkanes) is 5. The van der Waals surface area contributed by atoms with Crippen LogP contribution in [0.25, 0.3) is 10.8 Å². The van der Waals surface area contributed by atoms with E-state index in [4.69, 9.17) is 0 Å². The molecule has 1 heterocycles. The molecule has 2 aromatic carbocycles. The lowest BCUT2D eigenvalue weighted by atomic mass is 9.88. The maximum atomic E-state index is 13.3. The van der Waals surface area contributed by atoms with E-state index >= 15 is 0 Å². The minimum absolute atomic E-state index is 0. The first kappa shape index (κ1) is 34.7. The van der Waals surface area contributed by atoms with Gasteiger partial charge in [-0.1, -0.05) is 51.0 Å². The normalized spacial score (nSPS) is 13.9. The molecule has 0 saturated carbocycles. The molecule has 0 unspecified atom stereocenters. The Balaban J connectivity index is 0.00000361. The first-order valence-corrected chi connectivity index (χ1v) is 13.9. The van der Waals surface area contributed by atoms with Crippen molar-refractivity contribution < 1.29 is 52.5 Å². The van der Waals surface area contributed by atoms with Gasteiger partial charge in [-0.15, -0.1) is 0 Å². The summed E-state index contributed by atoms with van der Waals surface area (Å²) in [6, 6.07) is 11.5. The number of nitrogens with zero attached hydrogens (tertiary/aromatic N) is 3. The predicted octanol–water partition coefficient (Wildman–Crippen LogP) is -0.0167. The lowest BCUT2D eigenvalue weighted by molar-refractivity contribution is -0.896. The van der Waals surface area contributed by atoms with Gasteiger partial charge in [0.15, 0.2) is 0 Å². The molecule has 0 saturated heterocycles. The minimum atomic E-state index is -0.181. The maximum Gasteiger partial charge on any atom is 0.261 e. The molecule has 0 aliphatic carbocycles. The van der Waals surface area contributed by atoms with Crippen LogP contribution in [0.2, 0.25) is 0 Å². The van der Waals surface area contributed by atoms with E-state index in [2.05, 4.69) is 49.0 Å². The number of amides is 2. The van der Waals surface area contributed by atoms with Crippen LogP contribution < -0.4 is 34.0 Å². The van der Waals surface area contributed by atoms with E-state index in [1.807, 2.05) is 36.4 Å². The molecule has 0 N–H and O–H groups in total. The van der Waals surface area contributed by atoms with Crippen LogP contribution in [0, 0.1) is 5.41 Å². The summed E-state index contributed by atoms with van der Waals surface area (Å²) >= 11 is 0. The molecule has 5 nitrogen and oxygen atoms in total. The van der Waals surface area contributed by atoms with Gasteiger partial charge >= 0.3 is 0 Å². The van der Waals surface area contributed by atoms with E-state index in [-0.39, 0.29) is 51.2 Å². The smallest absolute Gasteiger partial charge is 0.261 e. The Morgan fingerprint density at radius 1 is 0.711 bits per heavy atom. The van der Waals surface area contributed by atoms with Crippen molar-refractivity contribution in [3.8, 4) is 0 Å². The quantitative estimate of drug-likeness (QED) is 0.163. The summed E-state index contributed by atoms with van der Waals surface area (Å²) in [6.07, 6.45) is 7.79. The Labute approximate surface area is 252 Å². The molecule has 1 aliphatic heterocycles. The Hall–Kier alpha value is -1.28. The van der Waals surface area contributed by atoms with Gasteiger partial charge in [0.1, 0.15) is 0 Å². The average molecular weight is 656 g/mol. The highest BCUT2D eigenvalue weighted by molar-refractivity contribution is 6.25. The topological polar surface area (TPSA) is 37.4 Å². The Bertz CT molecular complexity index is 1030. The molecular formula is C31H49Br2N3O2. The van der Waals surface area contributed by atoms with Crippen LogP contribution in [0.3, 0.4) is 0 Å². The van der Waals surface area contributed by atoms with E-state index in [0.29, 0.717) is 17.7 Å². The van der Waals surface area contributed by atoms with Crippen LogP contribution >= 0.6 is 0 Å². The lowest BCUT2D eigenvalue weighted by Gasteiger charge is -2.40. The fourth-order valence-corrected chi connectivity index (χ4v) is 5.88. The number of carbonyl (C=O) groups excluding carboxylic acids is 2. The molecule has 0 atom stereocenters. The van der Waals surface area contributed by atoms with Crippen molar-refractivity contribution in [1.82, 2.24) is 4.90 Å². The third kappa shape index (κ3) is 9.14. The zero-order valence-corrected chi connectivity index (χ0v) is 27.8. The van der Waals surface area contributed by atoms with Gasteiger partial charge in [-0.3, -0.25) is 14.5 Å². The van der Waals surface area contributed by atoms with Gasteiger partial charge in [0.2, 0.25) is 0 Å². The van der Waals surface area contributed by atoms with Gasteiger partial charge in [0.25, 0.3) is 11.8 Å². The molecule has 3 rings (SSSR count). The van der Waals surface area contributed by atoms with E-state index in [9.17, 15) is 9.59 Å². The SMILES string of the molecule is CC[N+](C)(C)CCCCCCCC[N+](C)(C)CC(C)(C)CN1C(=O)c2cccc3cccc(c23)C1=O.[Br-].[Br-]. The summed E-state index contributed by atoms with van der Waals surface area (Å²) in [5.74, 6) is -0.326. The maximum absolute atomic E-state index is 13.3. The van der Waals surface area contributed by atoms with Gasteiger partial charge in [0, 0.05) is 28.5 Å². The molecule has 0 bridgehead atoms. The van der Waals surface area contributed by atoms with Gasteiger partial charge in [-0.05, 0) is 50.1 Å². The van der Waals surface area contributed by atoms with Crippen LogP contribution in [-0.2, 0) is 0 Å². The average Bonchev–Trinajstić information content (AvgIpc) is 2.81. The van der Waals surface area contributed by atoms with E-state index < -0.39 is 0 Å². The third-order valence-electron chi connectivity index (χ3n) is 7.93. The summed E-state index contributed by atoms with van der Waals surface area (Å²) in [5.41, 5.74) is 1.10. The largest absolute Gasteiger partial charge is 1.00 e. The van der Waals surface area contributed by atoms with Crippen molar-refractivity contribution in [3.05, 3.63) is 47.5 Å². The van der Waals surface area contributed by atoms with E-state index in [1.54, 1.807) is 0 Å². The highest BCUT2D eigenvalue weighted by Crippen LogP contribution is 2.32. The van der Waals surface area contributed by atoms with Crippen LogP contribution in [0.4, 0.5) is 0 Å². The number of rotatable bonds is 14. The molecule has 0 fully saturated rings. The molecular weight excluding hydrogens is 606 g/mol. The molecule has 0 spiro atoms. The number of imide groups is 1. The van der Waals surface area contributed by atoms with Gasteiger partial charge in [-0.25, -0.2) is 0 Å². The van der Waals surface area contributed by atoms with Crippen molar-refractivity contribution in [2.45, 2.75) is 59.3 Å². The van der Waals surface area contributed by atoms with E-state index in [0.717, 1.165) is 32.8 Å². The lowest BCUT2D eigenvalue weighted by Crippen LogP contribution is -3.00. The highest BCUT2D eigenvalue weighted by atomic mass is 79.9. The van der Waals surface area contributed by atoms with Gasteiger partial charge < -0.3 is 42.9 Å². The Morgan fingerprint density at radius 3 is 1.63 bits per heavy atom. The first-order chi connectivity index (χ1) is 16.9. The van der Waals surface area contributed by atoms with Crippen LogP contribution in [-0.4, -0.2) is 86.6 Å². The van der Waals surface area contributed by atoms with Crippen molar-refractivity contribution in [3.63, 3.8) is 0 Å². The first-order valence-electron chi connectivity index (χ1n) is 13.9. The Kier molecular flexibility index (Phi) is 13.1. The van der Waals surface area contributed by atoms with Gasteiger partial charge in [0.05, 0.1) is 54.4 Å². The van der Waals surface area contributed by atoms with Crippen LogP contribution in [0.1, 0.15) is 80.0 Å². The number of carbonyl (C=O) groups is 2. The third-order valence-corrected chi connectivity index (χ3v) is 7.93. The molecule has 2 aromatic rings. The molecule has 2 amide bonds. The predicted molar refractivity (Wildman–Crippen MR) is 150 cm³/mol. The molecule has 1 aliphatic rings.